The van der Waals surface area contributed by atoms with Crippen LogP contribution in [-0.2, 0) is 21.0 Å². The number of amides is 1. The molecule has 0 saturated carbocycles. The molecule has 3 aromatic rings. The number of hydrogen-bond donors (Lipinski definition) is 3. The topological polar surface area (TPSA) is 108 Å². The van der Waals surface area contributed by atoms with Crippen LogP contribution >= 0.6 is 0 Å². The van der Waals surface area contributed by atoms with Gasteiger partial charge in [-0.25, -0.2) is 26.4 Å². The zero-order chi connectivity index (χ0) is 23.8. The Morgan fingerprint density at radius 2 is 1.88 bits per heavy atom. The predicted molar refractivity (Wildman–Crippen MR) is 115 cm³/mol. The van der Waals surface area contributed by atoms with Crippen LogP contribution in [0.5, 0.6) is 0 Å². The lowest BCUT2D eigenvalue weighted by Gasteiger charge is -2.20. The van der Waals surface area contributed by atoms with Gasteiger partial charge in [0.15, 0.2) is 9.84 Å². The van der Waals surface area contributed by atoms with E-state index in [4.69, 9.17) is 4.74 Å². The Kier molecular flexibility index (Phi) is 6.10. The van der Waals surface area contributed by atoms with Gasteiger partial charge >= 0.3 is 6.09 Å². The molecule has 1 amide bonds. The number of alkyl carbamates (subject to hydrolysis) is 1. The SMILES string of the molecule is O=C(NCC1(O)CCS(=O)(=O)C1)OCCc1c(-c2ccc(F)cc2)[nH]c2c(F)cc(F)cc12. The maximum atomic E-state index is 14.3. The number of fused-ring (bicyclic) bond motifs is 1. The number of aromatic nitrogens is 1. The Morgan fingerprint density at radius 3 is 2.55 bits per heavy atom. The van der Waals surface area contributed by atoms with Crippen molar-refractivity contribution in [2.75, 3.05) is 24.7 Å². The van der Waals surface area contributed by atoms with Crippen molar-refractivity contribution >= 4 is 26.8 Å². The van der Waals surface area contributed by atoms with Crippen molar-refractivity contribution in [1.29, 1.82) is 0 Å². The lowest BCUT2D eigenvalue weighted by molar-refractivity contribution is 0.0632. The van der Waals surface area contributed by atoms with Gasteiger partial charge in [-0.2, -0.15) is 0 Å². The van der Waals surface area contributed by atoms with E-state index in [1.165, 1.54) is 24.3 Å². The summed E-state index contributed by atoms with van der Waals surface area (Å²) in [4.78, 5) is 14.9. The van der Waals surface area contributed by atoms with E-state index < -0.39 is 44.7 Å². The van der Waals surface area contributed by atoms with E-state index in [2.05, 4.69) is 10.3 Å². The normalized spacial score (nSPS) is 19.6. The molecule has 0 bridgehead atoms. The summed E-state index contributed by atoms with van der Waals surface area (Å²) in [6.45, 7) is -0.447. The van der Waals surface area contributed by atoms with Crippen LogP contribution in [0.25, 0.3) is 22.2 Å². The monoisotopic (exact) mass is 482 g/mol. The Labute approximate surface area is 187 Å². The number of ether oxygens (including phenoxy) is 1. The number of aliphatic hydroxyl groups is 1. The first kappa shape index (κ1) is 23.1. The first-order chi connectivity index (χ1) is 15.6. The quantitative estimate of drug-likeness (QED) is 0.501. The van der Waals surface area contributed by atoms with Crippen molar-refractivity contribution in [2.24, 2.45) is 0 Å². The summed E-state index contributed by atoms with van der Waals surface area (Å²) in [6, 6.07) is 7.35. The van der Waals surface area contributed by atoms with Crippen molar-refractivity contribution in [2.45, 2.75) is 18.4 Å². The van der Waals surface area contributed by atoms with Crippen LogP contribution in [0.15, 0.2) is 36.4 Å². The maximum absolute atomic E-state index is 14.3. The van der Waals surface area contributed by atoms with Gasteiger partial charge in [0.05, 0.1) is 35.8 Å². The summed E-state index contributed by atoms with van der Waals surface area (Å²) in [7, 11) is -3.34. The van der Waals surface area contributed by atoms with Gasteiger partial charge in [-0.05, 0) is 47.9 Å². The van der Waals surface area contributed by atoms with Crippen LogP contribution in [0, 0.1) is 17.5 Å². The van der Waals surface area contributed by atoms with Crippen LogP contribution in [0.2, 0.25) is 0 Å². The molecular weight excluding hydrogens is 461 g/mol. The minimum absolute atomic E-state index is 0.0170. The third-order valence-electron chi connectivity index (χ3n) is 5.58. The molecule has 0 radical (unpaired) electrons. The van der Waals surface area contributed by atoms with E-state index >= 15 is 0 Å². The molecule has 11 heteroatoms. The minimum atomic E-state index is -3.34. The molecule has 1 fully saturated rings. The van der Waals surface area contributed by atoms with Gasteiger partial charge in [0.2, 0.25) is 0 Å². The highest BCUT2D eigenvalue weighted by Crippen LogP contribution is 2.33. The fourth-order valence-electron chi connectivity index (χ4n) is 3.97. The molecule has 1 unspecified atom stereocenters. The zero-order valence-corrected chi connectivity index (χ0v) is 18.1. The van der Waals surface area contributed by atoms with Crippen LogP contribution < -0.4 is 5.32 Å². The van der Waals surface area contributed by atoms with Gasteiger partial charge in [0.25, 0.3) is 0 Å². The average molecular weight is 482 g/mol. The van der Waals surface area contributed by atoms with Gasteiger partial charge in [0, 0.05) is 23.6 Å². The van der Waals surface area contributed by atoms with Crippen molar-refractivity contribution in [3.63, 3.8) is 0 Å². The Bertz CT molecular complexity index is 1310. The number of aromatic amines is 1. The molecule has 2 heterocycles. The second-order valence-electron chi connectivity index (χ2n) is 8.10. The number of carbonyl (C=O) groups is 1. The van der Waals surface area contributed by atoms with Crippen molar-refractivity contribution in [3.8, 4) is 11.3 Å². The second-order valence-corrected chi connectivity index (χ2v) is 10.3. The molecule has 33 heavy (non-hydrogen) atoms. The molecule has 2 aromatic carbocycles. The van der Waals surface area contributed by atoms with Crippen LogP contribution in [0.3, 0.4) is 0 Å². The average Bonchev–Trinajstić information content (AvgIpc) is 3.24. The fourth-order valence-corrected chi connectivity index (χ4v) is 5.87. The van der Waals surface area contributed by atoms with Crippen molar-refractivity contribution in [1.82, 2.24) is 10.3 Å². The number of sulfone groups is 1. The molecule has 0 aliphatic carbocycles. The molecule has 3 N–H and O–H groups in total. The van der Waals surface area contributed by atoms with Gasteiger partial charge in [-0.3, -0.25) is 0 Å². The number of rotatable bonds is 6. The van der Waals surface area contributed by atoms with Gasteiger partial charge in [0.1, 0.15) is 17.5 Å². The van der Waals surface area contributed by atoms with Crippen LogP contribution in [0.4, 0.5) is 18.0 Å². The summed E-state index contributed by atoms with van der Waals surface area (Å²) >= 11 is 0. The molecule has 7 nitrogen and oxygen atoms in total. The Hall–Kier alpha value is -3.05. The molecule has 1 aliphatic heterocycles. The summed E-state index contributed by atoms with van der Waals surface area (Å²) < 4.78 is 69.7. The first-order valence-corrected chi connectivity index (χ1v) is 12.0. The molecule has 1 atom stereocenters. The number of H-pyrrole nitrogens is 1. The lowest BCUT2D eigenvalue weighted by Crippen LogP contribution is -2.44. The van der Waals surface area contributed by atoms with E-state index in [1.807, 2.05) is 0 Å². The number of benzene rings is 2. The molecule has 176 valence electrons. The highest BCUT2D eigenvalue weighted by Gasteiger charge is 2.40. The van der Waals surface area contributed by atoms with E-state index in [9.17, 15) is 31.5 Å². The largest absolute Gasteiger partial charge is 0.449 e. The Morgan fingerprint density at radius 1 is 1.15 bits per heavy atom. The summed E-state index contributed by atoms with van der Waals surface area (Å²) in [6.07, 6.45) is -0.765. The predicted octanol–water partition coefficient (Wildman–Crippen LogP) is 3.07. The molecule has 1 saturated heterocycles. The van der Waals surface area contributed by atoms with Crippen molar-refractivity contribution < 1.29 is 36.2 Å². The van der Waals surface area contributed by atoms with E-state index in [0.29, 0.717) is 16.8 Å². The Balaban J connectivity index is 1.48. The number of carbonyl (C=O) groups excluding carboxylic acids is 1. The molecular formula is C22H21F3N2O5S. The molecule has 0 spiro atoms. The van der Waals surface area contributed by atoms with E-state index in [-0.39, 0.29) is 42.6 Å². The standard InChI is InChI=1S/C22H21F3N2O5S/c23-14-3-1-13(2-4-14)19-16(17-9-15(24)10-18(25)20(17)27-19)5-7-32-21(28)26-11-22(29)6-8-33(30,31)12-22/h1-4,9-10,27,29H,5-8,11-12H2,(H,26,28). The lowest BCUT2D eigenvalue weighted by atomic mass is 10.0. The fraction of sp³-hybridized carbons (Fsp3) is 0.318. The first-order valence-electron chi connectivity index (χ1n) is 10.1. The van der Waals surface area contributed by atoms with E-state index in [1.54, 1.807) is 0 Å². The maximum Gasteiger partial charge on any atom is 0.407 e. The van der Waals surface area contributed by atoms with Gasteiger partial charge in [-0.1, -0.05) is 0 Å². The van der Waals surface area contributed by atoms with Crippen molar-refractivity contribution in [3.05, 3.63) is 59.4 Å². The zero-order valence-electron chi connectivity index (χ0n) is 17.3. The second kappa shape index (κ2) is 8.71. The van der Waals surface area contributed by atoms with Gasteiger partial charge < -0.3 is 20.1 Å². The van der Waals surface area contributed by atoms with Crippen LogP contribution in [-0.4, -0.2) is 54.9 Å². The smallest absolute Gasteiger partial charge is 0.407 e. The number of hydrogen-bond acceptors (Lipinski definition) is 5. The van der Waals surface area contributed by atoms with Crippen LogP contribution in [0.1, 0.15) is 12.0 Å². The molecule has 1 aliphatic rings. The van der Waals surface area contributed by atoms with E-state index in [0.717, 1.165) is 12.1 Å². The minimum Gasteiger partial charge on any atom is -0.449 e. The number of nitrogens with one attached hydrogen (secondary N) is 2. The summed E-state index contributed by atoms with van der Waals surface area (Å²) in [5, 5.41) is 12.9. The summed E-state index contributed by atoms with van der Waals surface area (Å²) in [5.74, 6) is -2.61. The highest BCUT2D eigenvalue weighted by atomic mass is 32.2. The van der Waals surface area contributed by atoms with Gasteiger partial charge in [-0.15, -0.1) is 0 Å². The number of halogens is 3. The third kappa shape index (κ3) is 5.14. The highest BCUT2D eigenvalue weighted by molar-refractivity contribution is 7.91. The third-order valence-corrected chi connectivity index (χ3v) is 7.38. The summed E-state index contributed by atoms with van der Waals surface area (Å²) in [5.41, 5.74) is -0.0249. The molecule has 1 aromatic heterocycles. The molecule has 4 rings (SSSR count).